The van der Waals surface area contributed by atoms with E-state index in [9.17, 15) is 0 Å². The van der Waals surface area contributed by atoms with Crippen LogP contribution in [-0.2, 0) is 24.4 Å². The van der Waals surface area contributed by atoms with Gasteiger partial charge in [0.15, 0.2) is 0 Å². The molecule has 1 N–H and O–H groups in total. The minimum absolute atomic E-state index is 0.0621. The second-order valence-corrected chi connectivity index (χ2v) is 7.34. The van der Waals surface area contributed by atoms with E-state index in [0.717, 1.165) is 49.4 Å². The number of pyridine rings is 1. The highest BCUT2D eigenvalue weighted by molar-refractivity contribution is 5.27. The third-order valence-corrected chi connectivity index (χ3v) is 5.27. The van der Waals surface area contributed by atoms with Crippen LogP contribution in [-0.4, -0.2) is 27.4 Å². The Labute approximate surface area is 171 Å². The summed E-state index contributed by atoms with van der Waals surface area (Å²) >= 11 is 0. The highest BCUT2D eigenvalue weighted by atomic mass is 16.5. The maximum absolute atomic E-state index is 6.08. The molecule has 0 spiro atoms. The van der Waals surface area contributed by atoms with E-state index in [4.69, 9.17) is 9.47 Å². The first-order valence-electron chi connectivity index (χ1n) is 10.3. The summed E-state index contributed by atoms with van der Waals surface area (Å²) in [5.41, 5.74) is 3.50. The summed E-state index contributed by atoms with van der Waals surface area (Å²) in [6, 6.07) is 12.5. The molecule has 1 aliphatic rings. The Bertz CT molecular complexity index is 879. The largest absolute Gasteiger partial charge is 0.489 e. The summed E-state index contributed by atoms with van der Waals surface area (Å²) in [6.07, 6.45) is 9.84. The van der Waals surface area contributed by atoms with Crippen LogP contribution in [0.25, 0.3) is 0 Å². The maximum atomic E-state index is 6.08. The number of aryl methyl sites for hydroxylation is 1. The Morgan fingerprint density at radius 2 is 1.97 bits per heavy atom. The van der Waals surface area contributed by atoms with Crippen molar-refractivity contribution in [3.05, 3.63) is 77.9 Å². The van der Waals surface area contributed by atoms with Crippen LogP contribution in [0.15, 0.2) is 61.2 Å². The molecule has 0 aliphatic carbocycles. The van der Waals surface area contributed by atoms with Gasteiger partial charge in [-0.1, -0.05) is 12.1 Å². The van der Waals surface area contributed by atoms with Gasteiger partial charge in [-0.05, 0) is 55.2 Å². The first kappa shape index (κ1) is 19.6. The van der Waals surface area contributed by atoms with Gasteiger partial charge in [-0.3, -0.25) is 9.67 Å². The smallest absolute Gasteiger partial charge is 0.119 e. The Morgan fingerprint density at radius 3 is 2.72 bits per heavy atom. The normalized spacial score (nSPS) is 19.2. The molecule has 29 heavy (non-hydrogen) atoms. The van der Waals surface area contributed by atoms with Crippen LogP contribution in [0.5, 0.6) is 5.75 Å². The third kappa shape index (κ3) is 5.22. The Morgan fingerprint density at radius 1 is 1.14 bits per heavy atom. The van der Waals surface area contributed by atoms with Gasteiger partial charge in [0.25, 0.3) is 0 Å². The van der Waals surface area contributed by atoms with Crippen LogP contribution in [0.4, 0.5) is 0 Å². The molecule has 152 valence electrons. The molecule has 3 heterocycles. The minimum Gasteiger partial charge on any atom is -0.489 e. The minimum atomic E-state index is 0.0621. The molecule has 1 aliphatic heterocycles. The van der Waals surface area contributed by atoms with Gasteiger partial charge in [0.1, 0.15) is 18.5 Å². The number of nitrogens with one attached hydrogen (secondary N) is 1. The van der Waals surface area contributed by atoms with E-state index in [1.807, 2.05) is 35.1 Å². The third-order valence-electron chi connectivity index (χ3n) is 5.27. The van der Waals surface area contributed by atoms with Crippen molar-refractivity contribution in [2.75, 3.05) is 6.61 Å². The lowest BCUT2D eigenvalue weighted by atomic mass is 9.98. The lowest BCUT2D eigenvalue weighted by molar-refractivity contribution is -0.0112. The second kappa shape index (κ2) is 9.67. The Balaban J connectivity index is 1.31. The zero-order valence-corrected chi connectivity index (χ0v) is 16.8. The van der Waals surface area contributed by atoms with Gasteiger partial charge < -0.3 is 14.8 Å². The summed E-state index contributed by atoms with van der Waals surface area (Å²) in [6.45, 7) is 5.13. The molecule has 0 bridgehead atoms. The fraction of sp³-hybridized carbons (Fsp3) is 0.391. The van der Waals surface area contributed by atoms with Crippen molar-refractivity contribution in [1.29, 1.82) is 0 Å². The van der Waals surface area contributed by atoms with Crippen molar-refractivity contribution in [3.63, 3.8) is 0 Å². The van der Waals surface area contributed by atoms with Gasteiger partial charge in [0, 0.05) is 49.9 Å². The van der Waals surface area contributed by atoms with Gasteiger partial charge in [0.2, 0.25) is 0 Å². The van der Waals surface area contributed by atoms with Crippen molar-refractivity contribution in [1.82, 2.24) is 20.1 Å². The molecular weight excluding hydrogens is 364 g/mol. The monoisotopic (exact) mass is 392 g/mol. The van der Waals surface area contributed by atoms with Crippen LogP contribution in [0.3, 0.4) is 0 Å². The van der Waals surface area contributed by atoms with Crippen LogP contribution in [0.1, 0.15) is 42.6 Å². The SMILES string of the molecule is CCn1cc([C@H]2OCCC[C@@H]2NCc2ccc(OCc3ccncc3)cc2)cn1. The van der Waals surface area contributed by atoms with Crippen LogP contribution in [0, 0.1) is 0 Å². The number of hydrogen-bond donors (Lipinski definition) is 1. The standard InChI is InChI=1S/C23H28N4O2/c1-2-27-16-20(15-26-27)23-22(4-3-13-28-23)25-14-18-5-7-21(8-6-18)29-17-19-9-11-24-12-10-19/h5-12,15-16,22-23,25H,2-4,13-14,17H2,1H3/t22-,23+/m0/s1. The van der Waals surface area contributed by atoms with E-state index in [2.05, 4.69) is 40.7 Å². The molecule has 1 fully saturated rings. The van der Waals surface area contributed by atoms with E-state index in [0.29, 0.717) is 12.6 Å². The highest BCUT2D eigenvalue weighted by Gasteiger charge is 2.28. The van der Waals surface area contributed by atoms with Crippen molar-refractivity contribution < 1.29 is 9.47 Å². The van der Waals surface area contributed by atoms with Gasteiger partial charge >= 0.3 is 0 Å². The predicted octanol–water partition coefficient (Wildman–Crippen LogP) is 3.89. The molecule has 4 rings (SSSR count). The summed E-state index contributed by atoms with van der Waals surface area (Å²) in [5.74, 6) is 0.872. The topological polar surface area (TPSA) is 61.2 Å². The molecule has 6 nitrogen and oxygen atoms in total. The maximum Gasteiger partial charge on any atom is 0.119 e. The quantitative estimate of drug-likeness (QED) is 0.630. The molecule has 3 aromatic rings. The number of rotatable bonds is 8. The number of nitrogens with zero attached hydrogens (tertiary/aromatic N) is 3. The first-order chi connectivity index (χ1) is 14.3. The zero-order valence-electron chi connectivity index (χ0n) is 16.8. The van der Waals surface area contributed by atoms with Crippen LogP contribution >= 0.6 is 0 Å². The van der Waals surface area contributed by atoms with Gasteiger partial charge in [-0.2, -0.15) is 5.10 Å². The Kier molecular flexibility index (Phi) is 6.54. The molecule has 0 amide bonds. The van der Waals surface area contributed by atoms with E-state index in [-0.39, 0.29) is 6.10 Å². The van der Waals surface area contributed by atoms with Crippen molar-refractivity contribution in [2.24, 2.45) is 0 Å². The summed E-state index contributed by atoms with van der Waals surface area (Å²) in [5, 5.41) is 8.08. The number of benzene rings is 1. The molecular formula is C23H28N4O2. The molecule has 0 unspecified atom stereocenters. The van der Waals surface area contributed by atoms with Crippen molar-refractivity contribution in [2.45, 2.75) is 51.6 Å². The lowest BCUT2D eigenvalue weighted by Gasteiger charge is -2.32. The van der Waals surface area contributed by atoms with Crippen molar-refractivity contribution >= 4 is 0 Å². The van der Waals surface area contributed by atoms with E-state index in [1.165, 1.54) is 5.56 Å². The Hall–Kier alpha value is -2.70. The highest BCUT2D eigenvalue weighted by Crippen LogP contribution is 2.28. The van der Waals surface area contributed by atoms with E-state index < -0.39 is 0 Å². The number of ether oxygens (including phenoxy) is 2. The number of aromatic nitrogens is 3. The summed E-state index contributed by atoms with van der Waals surface area (Å²) in [4.78, 5) is 4.02. The first-order valence-corrected chi connectivity index (χ1v) is 10.3. The van der Waals surface area contributed by atoms with E-state index in [1.54, 1.807) is 12.4 Å². The molecule has 0 radical (unpaired) electrons. The fourth-order valence-electron chi connectivity index (χ4n) is 3.62. The summed E-state index contributed by atoms with van der Waals surface area (Å²) in [7, 11) is 0. The van der Waals surface area contributed by atoms with Gasteiger partial charge in [-0.15, -0.1) is 0 Å². The van der Waals surface area contributed by atoms with Crippen LogP contribution < -0.4 is 10.1 Å². The van der Waals surface area contributed by atoms with Crippen molar-refractivity contribution in [3.8, 4) is 5.75 Å². The predicted molar refractivity (Wildman–Crippen MR) is 111 cm³/mol. The zero-order chi connectivity index (χ0) is 19.9. The molecule has 2 atom stereocenters. The fourth-order valence-corrected chi connectivity index (χ4v) is 3.62. The number of hydrogen-bond acceptors (Lipinski definition) is 5. The molecule has 1 saturated heterocycles. The average molecular weight is 393 g/mol. The molecule has 2 aromatic heterocycles. The molecule has 1 aromatic carbocycles. The summed E-state index contributed by atoms with van der Waals surface area (Å²) < 4.78 is 13.9. The lowest BCUT2D eigenvalue weighted by Crippen LogP contribution is -2.39. The molecule has 6 heteroatoms. The van der Waals surface area contributed by atoms with Gasteiger partial charge in [0.05, 0.1) is 6.20 Å². The average Bonchev–Trinajstić information content (AvgIpc) is 3.27. The molecule has 0 saturated carbocycles. The van der Waals surface area contributed by atoms with Crippen LogP contribution in [0.2, 0.25) is 0 Å². The van der Waals surface area contributed by atoms with E-state index >= 15 is 0 Å². The second-order valence-electron chi connectivity index (χ2n) is 7.34. The van der Waals surface area contributed by atoms with Gasteiger partial charge in [-0.25, -0.2) is 0 Å².